The van der Waals surface area contributed by atoms with Crippen LogP contribution in [0.5, 0.6) is 0 Å². The summed E-state index contributed by atoms with van der Waals surface area (Å²) in [5.74, 6) is -0.609. The minimum absolute atomic E-state index is 0.144. The maximum absolute atomic E-state index is 11.4. The summed E-state index contributed by atoms with van der Waals surface area (Å²) in [4.78, 5) is 19.3. The van der Waals surface area contributed by atoms with Gasteiger partial charge in [-0.25, -0.2) is 10.0 Å². The summed E-state index contributed by atoms with van der Waals surface area (Å²) < 4.78 is 1.28. The van der Waals surface area contributed by atoms with Crippen LogP contribution in [0.15, 0.2) is 11.1 Å². The first-order valence-electron chi connectivity index (χ1n) is 4.37. The molecule has 2 aromatic heterocycles. The van der Waals surface area contributed by atoms with E-state index < -0.39 is 5.91 Å². The molecule has 8 heteroatoms. The Bertz CT molecular complexity index is 565. The minimum Gasteiger partial charge on any atom is -0.286 e. The van der Waals surface area contributed by atoms with Crippen LogP contribution in [0.4, 0.5) is 0 Å². The number of aryl methyl sites for hydroxylation is 1. The van der Waals surface area contributed by atoms with Gasteiger partial charge in [-0.2, -0.15) is 9.50 Å². The number of carbonyl (C=O) groups is 1. The highest BCUT2D eigenvalue weighted by Gasteiger charge is 2.17. The van der Waals surface area contributed by atoms with Gasteiger partial charge >= 0.3 is 5.91 Å². The number of hydrogen-bond donors (Lipinski definition) is 1. The van der Waals surface area contributed by atoms with Gasteiger partial charge in [-0.05, 0) is 13.0 Å². The Hall–Kier alpha value is -1.80. The second kappa shape index (κ2) is 3.65. The van der Waals surface area contributed by atoms with Gasteiger partial charge in [-0.15, -0.1) is 5.10 Å². The number of hydrogen-bond acceptors (Lipinski definition) is 5. The summed E-state index contributed by atoms with van der Waals surface area (Å²) in [6.45, 7) is 1.77. The van der Waals surface area contributed by atoms with Crippen LogP contribution >= 0.6 is 12.6 Å². The van der Waals surface area contributed by atoms with Crippen LogP contribution in [0, 0.1) is 6.92 Å². The van der Waals surface area contributed by atoms with Crippen molar-refractivity contribution < 1.29 is 10.0 Å². The van der Waals surface area contributed by atoms with E-state index in [0.29, 0.717) is 15.8 Å². The molecule has 2 rings (SSSR count). The van der Waals surface area contributed by atoms with Gasteiger partial charge in [0, 0.05) is 12.7 Å². The normalized spacial score (nSPS) is 10.7. The molecule has 0 fully saturated rings. The Kier molecular flexibility index (Phi) is 2.44. The van der Waals surface area contributed by atoms with Crippen molar-refractivity contribution in [1.29, 1.82) is 0 Å². The van der Waals surface area contributed by atoms with Crippen molar-refractivity contribution in [2.24, 2.45) is 0 Å². The summed E-state index contributed by atoms with van der Waals surface area (Å²) in [6.07, 6.45) is 0. The van der Waals surface area contributed by atoms with Crippen molar-refractivity contribution in [2.75, 3.05) is 7.05 Å². The molecular weight excluding hydrogens is 230 g/mol. The van der Waals surface area contributed by atoms with Crippen molar-refractivity contribution in [3.8, 4) is 0 Å². The first kappa shape index (κ1) is 10.7. The van der Waals surface area contributed by atoms with Gasteiger partial charge < -0.3 is 0 Å². The highest BCUT2D eigenvalue weighted by molar-refractivity contribution is 7.80. The molecule has 83 valence electrons. The second-order valence-electron chi connectivity index (χ2n) is 3.21. The van der Waals surface area contributed by atoms with Crippen LogP contribution in [0.2, 0.25) is 0 Å². The minimum atomic E-state index is -0.711. The van der Waals surface area contributed by atoms with Crippen LogP contribution in [-0.2, 0) is 0 Å². The van der Waals surface area contributed by atoms with Crippen molar-refractivity contribution in [1.82, 2.24) is 24.6 Å². The molecule has 0 aliphatic carbocycles. The number of carbonyl (C=O) groups excluding carboxylic acids is 1. The highest BCUT2D eigenvalue weighted by atomic mass is 32.1. The third kappa shape index (κ3) is 1.68. The summed E-state index contributed by atoms with van der Waals surface area (Å²) in [5.41, 5.74) is 0.696. The molecule has 0 aromatic carbocycles. The topological polar surface area (TPSA) is 83.6 Å². The van der Waals surface area contributed by atoms with Gasteiger partial charge in [0.05, 0.1) is 0 Å². The largest absolute Gasteiger partial charge is 0.316 e. The predicted molar refractivity (Wildman–Crippen MR) is 55.3 cm³/mol. The number of aromatic nitrogens is 4. The summed E-state index contributed by atoms with van der Waals surface area (Å²) in [7, 11) is 1.20. The average Bonchev–Trinajstić information content (AvgIpc) is 2.60. The molecule has 2 heterocycles. The SMILES string of the molecule is Cc1cc([S])n2nc(C(=O)N(C)O)nc2n1. The van der Waals surface area contributed by atoms with Crippen LogP contribution in [-0.4, -0.2) is 42.8 Å². The fourth-order valence-electron chi connectivity index (χ4n) is 1.19. The Labute approximate surface area is 96.1 Å². The molecule has 1 amide bonds. The second-order valence-corrected chi connectivity index (χ2v) is 3.63. The Morgan fingerprint density at radius 3 is 2.88 bits per heavy atom. The molecule has 1 N–H and O–H groups in total. The van der Waals surface area contributed by atoms with Crippen molar-refractivity contribution in [3.63, 3.8) is 0 Å². The van der Waals surface area contributed by atoms with Crippen LogP contribution in [0.1, 0.15) is 16.3 Å². The maximum Gasteiger partial charge on any atom is 0.316 e. The van der Waals surface area contributed by atoms with Gasteiger partial charge in [-0.1, -0.05) is 12.6 Å². The van der Waals surface area contributed by atoms with E-state index in [4.69, 9.17) is 17.8 Å². The Morgan fingerprint density at radius 1 is 1.56 bits per heavy atom. The fraction of sp³-hybridized carbons (Fsp3) is 0.250. The standard InChI is InChI=1S/C8H8N5O2S/c1-4-3-5(16)13-8(9-4)10-6(11-13)7(14)12(2)15/h3,15H,1-2H3. The molecule has 1 radical (unpaired) electrons. The lowest BCUT2D eigenvalue weighted by atomic mass is 10.5. The van der Waals surface area contributed by atoms with Gasteiger partial charge in [0.15, 0.2) is 0 Å². The summed E-state index contributed by atoms with van der Waals surface area (Å²) >= 11 is 5.04. The molecule has 0 atom stereocenters. The smallest absolute Gasteiger partial charge is 0.286 e. The third-order valence-corrected chi connectivity index (χ3v) is 2.18. The van der Waals surface area contributed by atoms with E-state index >= 15 is 0 Å². The van der Waals surface area contributed by atoms with Crippen LogP contribution in [0.25, 0.3) is 5.78 Å². The number of rotatable bonds is 1. The molecule has 0 spiro atoms. The lowest BCUT2D eigenvalue weighted by molar-refractivity contribution is -0.0384. The molecule has 0 unspecified atom stereocenters. The molecule has 0 saturated carbocycles. The molecule has 2 aromatic rings. The van der Waals surface area contributed by atoms with E-state index in [0.717, 1.165) is 0 Å². The Balaban J connectivity index is 2.60. The quantitative estimate of drug-likeness (QED) is 0.443. The van der Waals surface area contributed by atoms with Crippen molar-refractivity contribution >= 4 is 24.3 Å². The van der Waals surface area contributed by atoms with E-state index in [-0.39, 0.29) is 11.6 Å². The first-order valence-corrected chi connectivity index (χ1v) is 4.78. The molecule has 0 aliphatic heterocycles. The number of fused-ring (bicyclic) bond motifs is 1. The molecule has 7 nitrogen and oxygen atoms in total. The first-order chi connectivity index (χ1) is 7.49. The summed E-state index contributed by atoms with van der Waals surface area (Å²) in [5, 5.41) is 13.7. The van der Waals surface area contributed by atoms with Gasteiger partial charge in [-0.3, -0.25) is 10.0 Å². The van der Waals surface area contributed by atoms with E-state index in [1.165, 1.54) is 11.6 Å². The number of amides is 1. The van der Waals surface area contributed by atoms with Gasteiger partial charge in [0.2, 0.25) is 5.82 Å². The Morgan fingerprint density at radius 2 is 2.25 bits per heavy atom. The van der Waals surface area contributed by atoms with Crippen LogP contribution in [0.3, 0.4) is 0 Å². The zero-order valence-corrected chi connectivity index (χ0v) is 9.39. The highest BCUT2D eigenvalue weighted by Crippen LogP contribution is 2.10. The van der Waals surface area contributed by atoms with Crippen LogP contribution < -0.4 is 0 Å². The lowest BCUT2D eigenvalue weighted by Gasteiger charge is -2.02. The van der Waals surface area contributed by atoms with Gasteiger partial charge in [0.1, 0.15) is 5.03 Å². The molecule has 0 aliphatic rings. The molecule has 16 heavy (non-hydrogen) atoms. The zero-order chi connectivity index (χ0) is 11.9. The fourth-order valence-corrected chi connectivity index (χ4v) is 1.48. The van der Waals surface area contributed by atoms with Crippen molar-refractivity contribution in [2.45, 2.75) is 11.9 Å². The monoisotopic (exact) mass is 238 g/mol. The van der Waals surface area contributed by atoms with Crippen molar-refractivity contribution in [3.05, 3.63) is 17.6 Å². The molecule has 0 bridgehead atoms. The maximum atomic E-state index is 11.4. The van der Waals surface area contributed by atoms with E-state index in [1.54, 1.807) is 13.0 Å². The number of nitrogens with zero attached hydrogens (tertiary/aromatic N) is 5. The average molecular weight is 238 g/mol. The van der Waals surface area contributed by atoms with Gasteiger partial charge in [0.25, 0.3) is 5.78 Å². The summed E-state index contributed by atoms with van der Waals surface area (Å²) in [6, 6.07) is 1.65. The van der Waals surface area contributed by atoms with E-state index in [9.17, 15) is 4.79 Å². The lowest BCUT2D eigenvalue weighted by Crippen LogP contribution is -2.23. The van der Waals surface area contributed by atoms with E-state index in [1.807, 2.05) is 0 Å². The number of hydroxylamine groups is 2. The molecular formula is C8H8N5O2S. The zero-order valence-electron chi connectivity index (χ0n) is 8.58. The van der Waals surface area contributed by atoms with E-state index in [2.05, 4.69) is 15.1 Å². The third-order valence-electron chi connectivity index (χ3n) is 1.89. The molecule has 0 saturated heterocycles. The predicted octanol–water partition coefficient (Wildman–Crippen LogP) is 0.450.